The summed E-state index contributed by atoms with van der Waals surface area (Å²) >= 11 is 0. The molecule has 0 atom stereocenters. The second-order valence-corrected chi connectivity index (χ2v) is 4.55. The van der Waals surface area contributed by atoms with E-state index in [1.807, 2.05) is 0 Å². The molecular weight excluding hydrogens is 216 g/mol. The molecule has 1 aliphatic carbocycles. The van der Waals surface area contributed by atoms with Gasteiger partial charge in [0.2, 0.25) is 0 Å². The summed E-state index contributed by atoms with van der Waals surface area (Å²) in [5.74, 6) is -0.143. The molecule has 1 aromatic heterocycles. The number of aromatic nitrogens is 1. The van der Waals surface area contributed by atoms with Gasteiger partial charge in [0.05, 0.1) is 5.56 Å². The molecule has 0 spiro atoms. The van der Waals surface area contributed by atoms with Crippen molar-refractivity contribution >= 4 is 11.6 Å². The lowest BCUT2D eigenvalue weighted by Gasteiger charge is -2.26. The van der Waals surface area contributed by atoms with E-state index >= 15 is 0 Å². The van der Waals surface area contributed by atoms with Crippen molar-refractivity contribution in [1.29, 1.82) is 0 Å². The molecule has 0 radical (unpaired) electrons. The lowest BCUT2D eigenvalue weighted by atomic mass is 9.91. The van der Waals surface area contributed by atoms with Crippen molar-refractivity contribution in [1.82, 2.24) is 10.3 Å². The van der Waals surface area contributed by atoms with Crippen LogP contribution in [-0.4, -0.2) is 23.0 Å². The first-order valence-electron chi connectivity index (χ1n) is 5.92. The third-order valence-corrected chi connectivity index (χ3v) is 3.21. The molecular formula is C12H18N4O. The quantitative estimate of drug-likeness (QED) is 0.700. The van der Waals surface area contributed by atoms with E-state index in [-0.39, 0.29) is 18.0 Å². The van der Waals surface area contributed by atoms with Gasteiger partial charge in [-0.2, -0.15) is 0 Å². The minimum absolute atomic E-state index is 0.143. The highest BCUT2D eigenvalue weighted by molar-refractivity contribution is 5.98. The number of nitrogen functional groups attached to an aromatic ring is 1. The van der Waals surface area contributed by atoms with Crippen molar-refractivity contribution in [2.75, 3.05) is 5.73 Å². The van der Waals surface area contributed by atoms with E-state index in [1.54, 1.807) is 12.3 Å². The molecule has 0 unspecified atom stereocenters. The largest absolute Gasteiger partial charge is 0.398 e. The Morgan fingerprint density at radius 3 is 2.71 bits per heavy atom. The van der Waals surface area contributed by atoms with E-state index in [0.717, 1.165) is 25.7 Å². The van der Waals surface area contributed by atoms with Crippen molar-refractivity contribution in [3.63, 3.8) is 0 Å². The average molecular weight is 234 g/mol. The fraction of sp³-hybridized carbons (Fsp3) is 0.500. The first-order valence-corrected chi connectivity index (χ1v) is 5.92. The number of hydrogen-bond acceptors (Lipinski definition) is 4. The highest BCUT2D eigenvalue weighted by atomic mass is 16.1. The zero-order valence-corrected chi connectivity index (χ0v) is 9.73. The Labute approximate surface area is 101 Å². The molecule has 1 heterocycles. The van der Waals surface area contributed by atoms with Gasteiger partial charge in [-0.15, -0.1) is 0 Å². The Morgan fingerprint density at radius 2 is 2.06 bits per heavy atom. The number of carbonyl (C=O) groups is 1. The van der Waals surface area contributed by atoms with Gasteiger partial charge in [0.1, 0.15) is 0 Å². The van der Waals surface area contributed by atoms with Gasteiger partial charge < -0.3 is 16.8 Å². The minimum Gasteiger partial charge on any atom is -0.398 e. The molecule has 1 saturated carbocycles. The Kier molecular flexibility index (Phi) is 3.58. The predicted molar refractivity (Wildman–Crippen MR) is 66.3 cm³/mol. The van der Waals surface area contributed by atoms with Gasteiger partial charge in [-0.25, -0.2) is 0 Å². The number of nitrogens with two attached hydrogens (primary N) is 2. The number of anilines is 1. The van der Waals surface area contributed by atoms with Crippen LogP contribution < -0.4 is 16.8 Å². The van der Waals surface area contributed by atoms with Crippen LogP contribution >= 0.6 is 0 Å². The minimum atomic E-state index is -0.143. The molecule has 2 rings (SSSR count). The maximum atomic E-state index is 12.0. The highest BCUT2D eigenvalue weighted by Gasteiger charge is 2.21. The van der Waals surface area contributed by atoms with Crippen molar-refractivity contribution in [3.8, 4) is 0 Å². The first-order chi connectivity index (χ1) is 8.16. The maximum Gasteiger partial charge on any atom is 0.255 e. The summed E-state index contributed by atoms with van der Waals surface area (Å²) in [6.45, 7) is 0. The third-order valence-electron chi connectivity index (χ3n) is 3.21. The van der Waals surface area contributed by atoms with E-state index in [2.05, 4.69) is 10.3 Å². The fourth-order valence-electron chi connectivity index (χ4n) is 2.12. The van der Waals surface area contributed by atoms with Crippen LogP contribution in [0.5, 0.6) is 0 Å². The second-order valence-electron chi connectivity index (χ2n) is 4.55. The molecule has 0 aromatic carbocycles. The summed E-state index contributed by atoms with van der Waals surface area (Å²) < 4.78 is 0. The molecule has 1 amide bonds. The Hall–Kier alpha value is -1.62. The summed E-state index contributed by atoms with van der Waals surface area (Å²) in [5.41, 5.74) is 12.5. The van der Waals surface area contributed by atoms with Gasteiger partial charge in [0.25, 0.3) is 5.91 Å². The van der Waals surface area contributed by atoms with Gasteiger partial charge in [-0.1, -0.05) is 0 Å². The SMILES string of the molecule is Nc1ccncc1C(=O)NC1CCC(N)CC1. The van der Waals surface area contributed by atoms with E-state index in [1.165, 1.54) is 6.20 Å². The van der Waals surface area contributed by atoms with Gasteiger partial charge in [-0.05, 0) is 31.7 Å². The topological polar surface area (TPSA) is 94.0 Å². The number of carbonyl (C=O) groups excluding carboxylic acids is 1. The van der Waals surface area contributed by atoms with Crippen LogP contribution in [0.1, 0.15) is 36.0 Å². The molecule has 92 valence electrons. The van der Waals surface area contributed by atoms with Crippen molar-refractivity contribution in [3.05, 3.63) is 24.0 Å². The van der Waals surface area contributed by atoms with Crippen LogP contribution in [0.2, 0.25) is 0 Å². The summed E-state index contributed by atoms with van der Waals surface area (Å²) in [5, 5.41) is 2.98. The second kappa shape index (κ2) is 5.14. The zero-order chi connectivity index (χ0) is 12.3. The summed E-state index contributed by atoms with van der Waals surface area (Å²) in [4.78, 5) is 15.9. The normalized spacial score (nSPS) is 24.3. The molecule has 17 heavy (non-hydrogen) atoms. The summed E-state index contributed by atoms with van der Waals surface area (Å²) in [6, 6.07) is 2.12. The Morgan fingerprint density at radius 1 is 1.35 bits per heavy atom. The lowest BCUT2D eigenvalue weighted by Crippen LogP contribution is -2.40. The molecule has 1 aromatic rings. The van der Waals surface area contributed by atoms with Crippen LogP contribution in [-0.2, 0) is 0 Å². The average Bonchev–Trinajstić information content (AvgIpc) is 2.32. The molecule has 0 saturated heterocycles. The molecule has 5 heteroatoms. The van der Waals surface area contributed by atoms with Gasteiger partial charge in [-0.3, -0.25) is 9.78 Å². The first kappa shape index (κ1) is 11.9. The fourth-order valence-corrected chi connectivity index (χ4v) is 2.12. The smallest absolute Gasteiger partial charge is 0.255 e. The third kappa shape index (κ3) is 2.94. The van der Waals surface area contributed by atoms with Crippen molar-refractivity contribution in [2.45, 2.75) is 37.8 Å². The van der Waals surface area contributed by atoms with E-state index in [9.17, 15) is 4.79 Å². The summed E-state index contributed by atoms with van der Waals surface area (Å²) in [7, 11) is 0. The van der Waals surface area contributed by atoms with Crippen molar-refractivity contribution < 1.29 is 4.79 Å². The van der Waals surface area contributed by atoms with Gasteiger partial charge in [0, 0.05) is 30.2 Å². The molecule has 1 aliphatic rings. The van der Waals surface area contributed by atoms with Gasteiger partial charge in [0.15, 0.2) is 0 Å². The molecule has 0 bridgehead atoms. The monoisotopic (exact) mass is 234 g/mol. The standard InChI is InChI=1S/C12H18N4O/c13-8-1-3-9(4-2-8)16-12(17)10-7-15-6-5-11(10)14/h5-9H,1-4,13H2,(H2,14,15)(H,16,17). The number of nitrogens with zero attached hydrogens (tertiary/aromatic N) is 1. The summed E-state index contributed by atoms with van der Waals surface area (Å²) in [6.07, 6.45) is 6.88. The molecule has 5 N–H and O–H groups in total. The van der Waals surface area contributed by atoms with Crippen LogP contribution in [0.15, 0.2) is 18.5 Å². The predicted octanol–water partition coefficient (Wildman–Crippen LogP) is 0.663. The van der Waals surface area contributed by atoms with E-state index < -0.39 is 0 Å². The van der Waals surface area contributed by atoms with Crippen molar-refractivity contribution in [2.24, 2.45) is 5.73 Å². The number of amides is 1. The Bertz CT molecular complexity index is 399. The van der Waals surface area contributed by atoms with Crippen LogP contribution in [0.4, 0.5) is 5.69 Å². The molecule has 5 nitrogen and oxygen atoms in total. The van der Waals surface area contributed by atoms with E-state index in [4.69, 9.17) is 11.5 Å². The van der Waals surface area contributed by atoms with Gasteiger partial charge >= 0.3 is 0 Å². The lowest BCUT2D eigenvalue weighted by molar-refractivity contribution is 0.0926. The maximum absolute atomic E-state index is 12.0. The number of nitrogens with one attached hydrogen (secondary N) is 1. The van der Waals surface area contributed by atoms with Crippen LogP contribution in [0.25, 0.3) is 0 Å². The molecule has 0 aliphatic heterocycles. The van der Waals surface area contributed by atoms with E-state index in [0.29, 0.717) is 11.3 Å². The highest BCUT2D eigenvalue weighted by Crippen LogP contribution is 2.18. The van der Waals surface area contributed by atoms with Crippen LogP contribution in [0, 0.1) is 0 Å². The molecule has 1 fully saturated rings. The Balaban J connectivity index is 1.96. The van der Waals surface area contributed by atoms with Crippen LogP contribution in [0.3, 0.4) is 0 Å². The number of rotatable bonds is 2. The zero-order valence-electron chi connectivity index (χ0n) is 9.73. The number of pyridine rings is 1. The number of hydrogen-bond donors (Lipinski definition) is 3.